The number of amides is 1. The number of carbonyl (C=O) groups is 2. The lowest BCUT2D eigenvalue weighted by Gasteiger charge is -2.28. The Labute approximate surface area is 160 Å². The number of hydrogen-bond acceptors (Lipinski definition) is 4. The highest BCUT2D eigenvalue weighted by Crippen LogP contribution is 2.24. The number of rotatable bonds is 9. The minimum Gasteiger partial charge on any atom is -0.497 e. The van der Waals surface area contributed by atoms with Crippen molar-refractivity contribution < 1.29 is 19.1 Å². The number of ketones is 1. The third-order valence-corrected chi connectivity index (χ3v) is 4.56. The summed E-state index contributed by atoms with van der Waals surface area (Å²) in [5.74, 6) is 1.32. The normalized spacial score (nSPS) is 11.6. The maximum Gasteiger partial charge on any atom is 0.260 e. The molecule has 0 aliphatic rings. The Bertz CT molecular complexity index is 770. The molecule has 27 heavy (non-hydrogen) atoms. The van der Waals surface area contributed by atoms with E-state index in [2.05, 4.69) is 0 Å². The van der Waals surface area contributed by atoms with Crippen molar-refractivity contribution in [2.45, 2.75) is 33.2 Å². The van der Waals surface area contributed by atoms with E-state index in [1.165, 1.54) is 0 Å². The van der Waals surface area contributed by atoms with Crippen LogP contribution in [0, 0.1) is 0 Å². The van der Waals surface area contributed by atoms with E-state index in [1.807, 2.05) is 45.0 Å². The summed E-state index contributed by atoms with van der Waals surface area (Å²) < 4.78 is 10.9. The number of likely N-dealkylation sites (N-methyl/N-ethyl adjacent to an activating group) is 1. The lowest BCUT2D eigenvalue weighted by molar-refractivity contribution is -0.135. The molecule has 0 saturated heterocycles. The average Bonchev–Trinajstić information content (AvgIpc) is 2.72. The third kappa shape index (κ3) is 5.33. The smallest absolute Gasteiger partial charge is 0.260 e. The van der Waals surface area contributed by atoms with Gasteiger partial charge in [0.25, 0.3) is 5.91 Å². The van der Waals surface area contributed by atoms with Crippen molar-refractivity contribution >= 4 is 11.7 Å². The summed E-state index contributed by atoms with van der Waals surface area (Å²) in [6.45, 7) is 6.28. The Morgan fingerprint density at radius 1 is 1.04 bits per heavy atom. The van der Waals surface area contributed by atoms with Crippen molar-refractivity contribution in [3.63, 3.8) is 0 Å². The third-order valence-electron chi connectivity index (χ3n) is 4.56. The predicted molar refractivity (Wildman–Crippen MR) is 105 cm³/mol. The first-order chi connectivity index (χ1) is 13.0. The van der Waals surface area contributed by atoms with E-state index in [9.17, 15) is 9.59 Å². The van der Waals surface area contributed by atoms with Crippen molar-refractivity contribution in [2.24, 2.45) is 0 Å². The molecule has 1 atom stereocenters. The van der Waals surface area contributed by atoms with Crippen molar-refractivity contribution in [1.82, 2.24) is 4.90 Å². The molecule has 0 saturated carbocycles. The molecule has 0 N–H and O–H groups in total. The van der Waals surface area contributed by atoms with Crippen LogP contribution in [-0.4, -0.2) is 36.9 Å². The summed E-state index contributed by atoms with van der Waals surface area (Å²) in [5, 5.41) is 0. The standard InChI is InChI=1S/C22H27NO4/c1-5-21(24)17-10-12-19(13-11-17)27-15-22(25)23(6-2)16(3)18-8-7-9-20(14-18)26-4/h7-14,16H,5-6,15H2,1-4H3. The second-order valence-corrected chi connectivity index (χ2v) is 6.22. The lowest BCUT2D eigenvalue weighted by atomic mass is 10.1. The number of benzene rings is 2. The lowest BCUT2D eigenvalue weighted by Crippen LogP contribution is -2.36. The van der Waals surface area contributed by atoms with Crippen LogP contribution >= 0.6 is 0 Å². The quantitative estimate of drug-likeness (QED) is 0.619. The van der Waals surface area contributed by atoms with Crippen LogP contribution in [0.15, 0.2) is 48.5 Å². The Morgan fingerprint density at radius 3 is 2.33 bits per heavy atom. The summed E-state index contributed by atoms with van der Waals surface area (Å²) in [7, 11) is 1.62. The molecule has 2 rings (SSSR count). The molecule has 0 spiro atoms. The molecule has 0 bridgehead atoms. The van der Waals surface area contributed by atoms with Gasteiger partial charge in [-0.2, -0.15) is 0 Å². The van der Waals surface area contributed by atoms with Crippen LogP contribution < -0.4 is 9.47 Å². The molecular weight excluding hydrogens is 342 g/mol. The van der Waals surface area contributed by atoms with Crippen LogP contribution in [0.3, 0.4) is 0 Å². The van der Waals surface area contributed by atoms with Crippen LogP contribution in [-0.2, 0) is 4.79 Å². The van der Waals surface area contributed by atoms with Gasteiger partial charge < -0.3 is 14.4 Å². The minimum absolute atomic E-state index is 0.0524. The van der Waals surface area contributed by atoms with E-state index in [1.54, 1.807) is 36.3 Å². The fourth-order valence-corrected chi connectivity index (χ4v) is 2.92. The first kappa shape index (κ1) is 20.5. The highest BCUT2D eigenvalue weighted by Gasteiger charge is 2.20. The molecule has 0 radical (unpaired) electrons. The van der Waals surface area contributed by atoms with Gasteiger partial charge in [0.05, 0.1) is 13.2 Å². The van der Waals surface area contributed by atoms with Crippen molar-refractivity contribution in [2.75, 3.05) is 20.3 Å². The molecule has 0 aromatic heterocycles. The molecule has 2 aromatic rings. The highest BCUT2D eigenvalue weighted by molar-refractivity contribution is 5.95. The number of ether oxygens (including phenoxy) is 2. The first-order valence-corrected chi connectivity index (χ1v) is 9.19. The molecule has 1 amide bonds. The summed E-state index contributed by atoms with van der Waals surface area (Å²) >= 11 is 0. The van der Waals surface area contributed by atoms with Gasteiger partial charge in [-0.25, -0.2) is 0 Å². The van der Waals surface area contributed by atoms with Crippen LogP contribution in [0.5, 0.6) is 11.5 Å². The highest BCUT2D eigenvalue weighted by atomic mass is 16.5. The SMILES string of the molecule is CCC(=O)c1ccc(OCC(=O)N(CC)C(C)c2cccc(OC)c2)cc1. The molecule has 0 heterocycles. The Morgan fingerprint density at radius 2 is 1.74 bits per heavy atom. The van der Waals surface area contributed by atoms with Gasteiger partial charge in [-0.1, -0.05) is 19.1 Å². The predicted octanol–water partition coefficient (Wildman–Crippen LogP) is 4.28. The van der Waals surface area contributed by atoms with Gasteiger partial charge in [0, 0.05) is 18.5 Å². The Hall–Kier alpha value is -2.82. The number of Topliss-reactive ketones (excluding diaryl/α,β-unsaturated/α-hetero) is 1. The molecule has 1 unspecified atom stereocenters. The maximum atomic E-state index is 12.7. The van der Waals surface area contributed by atoms with Gasteiger partial charge in [-0.3, -0.25) is 9.59 Å². The summed E-state index contributed by atoms with van der Waals surface area (Å²) in [6, 6.07) is 14.5. The van der Waals surface area contributed by atoms with E-state index in [-0.39, 0.29) is 24.3 Å². The van der Waals surface area contributed by atoms with Crippen molar-refractivity contribution in [1.29, 1.82) is 0 Å². The molecule has 5 heteroatoms. The minimum atomic E-state index is -0.0958. The molecule has 0 aliphatic carbocycles. The van der Waals surface area contributed by atoms with Gasteiger partial charge in [0.15, 0.2) is 12.4 Å². The van der Waals surface area contributed by atoms with Gasteiger partial charge >= 0.3 is 0 Å². The maximum absolute atomic E-state index is 12.7. The van der Waals surface area contributed by atoms with Gasteiger partial charge in [-0.15, -0.1) is 0 Å². The molecule has 5 nitrogen and oxygen atoms in total. The second kappa shape index (κ2) is 9.76. The zero-order chi connectivity index (χ0) is 19.8. The topological polar surface area (TPSA) is 55.8 Å². The van der Waals surface area contributed by atoms with Crippen LogP contribution in [0.1, 0.15) is 49.2 Å². The van der Waals surface area contributed by atoms with Gasteiger partial charge in [0.2, 0.25) is 0 Å². The van der Waals surface area contributed by atoms with Crippen molar-refractivity contribution in [3.05, 3.63) is 59.7 Å². The Balaban J connectivity index is 2.00. The summed E-state index contributed by atoms with van der Waals surface area (Å²) in [4.78, 5) is 26.1. The molecule has 144 valence electrons. The number of carbonyl (C=O) groups excluding carboxylic acids is 2. The first-order valence-electron chi connectivity index (χ1n) is 9.19. The fraction of sp³-hybridized carbons (Fsp3) is 0.364. The monoisotopic (exact) mass is 369 g/mol. The van der Waals surface area contributed by atoms with Crippen LogP contribution in [0.25, 0.3) is 0 Å². The summed E-state index contributed by atoms with van der Waals surface area (Å²) in [5.41, 5.74) is 1.66. The Kier molecular flexibility index (Phi) is 7.41. The average molecular weight is 369 g/mol. The van der Waals surface area contributed by atoms with Gasteiger partial charge in [0.1, 0.15) is 11.5 Å². The molecule has 0 fully saturated rings. The molecule has 2 aromatic carbocycles. The largest absolute Gasteiger partial charge is 0.497 e. The zero-order valence-corrected chi connectivity index (χ0v) is 16.4. The zero-order valence-electron chi connectivity index (χ0n) is 16.4. The molecular formula is C22H27NO4. The van der Waals surface area contributed by atoms with E-state index < -0.39 is 0 Å². The van der Waals surface area contributed by atoms with Gasteiger partial charge in [-0.05, 0) is 55.8 Å². The van der Waals surface area contributed by atoms with E-state index in [0.29, 0.717) is 24.3 Å². The number of methoxy groups -OCH3 is 1. The fourth-order valence-electron chi connectivity index (χ4n) is 2.92. The van der Waals surface area contributed by atoms with Crippen LogP contribution in [0.2, 0.25) is 0 Å². The van der Waals surface area contributed by atoms with E-state index in [4.69, 9.17) is 9.47 Å². The second-order valence-electron chi connectivity index (χ2n) is 6.22. The summed E-state index contributed by atoms with van der Waals surface area (Å²) in [6.07, 6.45) is 0.465. The van der Waals surface area contributed by atoms with E-state index in [0.717, 1.165) is 11.3 Å². The van der Waals surface area contributed by atoms with Crippen molar-refractivity contribution in [3.8, 4) is 11.5 Å². The number of hydrogen-bond donors (Lipinski definition) is 0. The molecule has 0 aliphatic heterocycles. The number of nitrogens with zero attached hydrogens (tertiary/aromatic N) is 1. The van der Waals surface area contributed by atoms with Crippen LogP contribution in [0.4, 0.5) is 0 Å². The van der Waals surface area contributed by atoms with E-state index >= 15 is 0 Å².